The van der Waals surface area contributed by atoms with Gasteiger partial charge in [0.1, 0.15) is 5.84 Å². The van der Waals surface area contributed by atoms with Crippen LogP contribution in [0.1, 0.15) is 44.7 Å². The maximum absolute atomic E-state index is 4.67. The van der Waals surface area contributed by atoms with E-state index in [0.717, 1.165) is 35.6 Å². The number of hydrogen-bond donors (Lipinski definition) is 1. The van der Waals surface area contributed by atoms with Gasteiger partial charge in [0.25, 0.3) is 0 Å². The highest BCUT2D eigenvalue weighted by Gasteiger charge is 2.30. The lowest BCUT2D eigenvalue weighted by molar-refractivity contribution is 0.499. The summed E-state index contributed by atoms with van der Waals surface area (Å²) in [6.07, 6.45) is 4.14. The molecule has 0 spiro atoms. The van der Waals surface area contributed by atoms with Gasteiger partial charge in [0, 0.05) is 36.5 Å². The van der Waals surface area contributed by atoms with Crippen molar-refractivity contribution in [1.29, 1.82) is 0 Å². The molecule has 1 heterocycles. The van der Waals surface area contributed by atoms with Crippen molar-refractivity contribution in [3.63, 3.8) is 0 Å². The van der Waals surface area contributed by atoms with Crippen molar-refractivity contribution in [1.82, 2.24) is 5.32 Å². The molecule has 0 atom stereocenters. The fourth-order valence-corrected chi connectivity index (χ4v) is 3.20. The zero-order valence-corrected chi connectivity index (χ0v) is 14.5. The smallest absolute Gasteiger partial charge is 0.103 e. The summed E-state index contributed by atoms with van der Waals surface area (Å²) < 4.78 is 0. The molecule has 1 N–H and O–H groups in total. The molecule has 0 unspecified atom stereocenters. The lowest BCUT2D eigenvalue weighted by Gasteiger charge is -2.34. The van der Waals surface area contributed by atoms with E-state index in [1.54, 1.807) is 0 Å². The van der Waals surface area contributed by atoms with Gasteiger partial charge in [-0.15, -0.1) is 6.58 Å². The van der Waals surface area contributed by atoms with Gasteiger partial charge in [0.2, 0.25) is 0 Å². The molecule has 1 aliphatic rings. The number of anilines is 1. The average molecular weight is 297 g/mol. The topological polar surface area (TPSA) is 27.6 Å². The standard InChI is InChI=1S/C19H27N3/c1-8-19(9-2,10-3)16-12-17-15(11-18(16)22(6)7)13(4)20-14(5)21-17/h8,11-12H,1,4,9-10H2,2-3,5-7H3,(H,20,21). The minimum atomic E-state index is -0.0235. The first kappa shape index (κ1) is 16.3. The number of amidine groups is 1. The quantitative estimate of drug-likeness (QED) is 0.803. The van der Waals surface area contributed by atoms with E-state index in [-0.39, 0.29) is 5.41 Å². The molecule has 0 bridgehead atoms. The van der Waals surface area contributed by atoms with Crippen LogP contribution >= 0.6 is 0 Å². The molecule has 0 saturated heterocycles. The molecule has 0 radical (unpaired) electrons. The van der Waals surface area contributed by atoms with Crippen LogP contribution in [0.2, 0.25) is 0 Å². The highest BCUT2D eigenvalue weighted by molar-refractivity contribution is 5.97. The molecule has 0 aliphatic carbocycles. The molecular formula is C19H27N3. The Hall–Kier alpha value is -2.03. The van der Waals surface area contributed by atoms with E-state index < -0.39 is 0 Å². The second kappa shape index (κ2) is 5.99. The van der Waals surface area contributed by atoms with Crippen molar-refractivity contribution >= 4 is 22.9 Å². The molecule has 2 rings (SSSR count). The van der Waals surface area contributed by atoms with Crippen LogP contribution in [-0.4, -0.2) is 19.9 Å². The van der Waals surface area contributed by atoms with E-state index in [1.165, 1.54) is 11.3 Å². The van der Waals surface area contributed by atoms with Crippen LogP contribution in [0.3, 0.4) is 0 Å². The SMILES string of the molecule is C=CC(CC)(CC)c1cc2c(cc1N(C)C)C(=C)NC(C)=N2. The Balaban J connectivity index is 2.77. The summed E-state index contributed by atoms with van der Waals surface area (Å²) in [4.78, 5) is 6.83. The van der Waals surface area contributed by atoms with E-state index in [0.29, 0.717) is 0 Å². The zero-order chi connectivity index (χ0) is 16.5. The van der Waals surface area contributed by atoms with Crippen molar-refractivity contribution in [2.45, 2.75) is 39.0 Å². The molecular weight excluding hydrogens is 270 g/mol. The van der Waals surface area contributed by atoms with E-state index >= 15 is 0 Å². The Bertz CT molecular complexity index is 634. The number of rotatable bonds is 5. The van der Waals surface area contributed by atoms with Gasteiger partial charge in [-0.1, -0.05) is 26.5 Å². The van der Waals surface area contributed by atoms with Crippen LogP contribution in [0.4, 0.5) is 11.4 Å². The second-order valence-electron chi connectivity index (χ2n) is 6.15. The number of hydrogen-bond acceptors (Lipinski definition) is 3. The zero-order valence-electron chi connectivity index (χ0n) is 14.5. The van der Waals surface area contributed by atoms with Gasteiger partial charge in [0.15, 0.2) is 0 Å². The summed E-state index contributed by atoms with van der Waals surface area (Å²) in [7, 11) is 4.16. The maximum Gasteiger partial charge on any atom is 0.103 e. The molecule has 118 valence electrons. The highest BCUT2D eigenvalue weighted by Crippen LogP contribution is 2.43. The molecule has 3 nitrogen and oxygen atoms in total. The Kier molecular flexibility index (Phi) is 4.45. The maximum atomic E-state index is 4.67. The minimum Gasteiger partial charge on any atom is -0.377 e. The predicted octanol–water partition coefficient (Wildman–Crippen LogP) is 4.62. The molecule has 22 heavy (non-hydrogen) atoms. The largest absolute Gasteiger partial charge is 0.377 e. The Morgan fingerprint density at radius 3 is 2.41 bits per heavy atom. The number of fused-ring (bicyclic) bond motifs is 1. The third-order valence-electron chi connectivity index (χ3n) is 4.73. The van der Waals surface area contributed by atoms with Crippen LogP contribution < -0.4 is 10.2 Å². The van der Waals surface area contributed by atoms with Gasteiger partial charge in [-0.3, -0.25) is 0 Å². The summed E-state index contributed by atoms with van der Waals surface area (Å²) in [5.41, 5.74) is 5.46. The van der Waals surface area contributed by atoms with Gasteiger partial charge in [-0.05, 0) is 37.5 Å². The lowest BCUT2D eigenvalue weighted by Crippen LogP contribution is -2.27. The number of nitrogens with one attached hydrogen (secondary N) is 1. The van der Waals surface area contributed by atoms with Gasteiger partial charge in [-0.25, -0.2) is 4.99 Å². The molecule has 1 aliphatic heterocycles. The van der Waals surface area contributed by atoms with Crippen LogP contribution in [0.15, 0.2) is 36.4 Å². The fourth-order valence-electron chi connectivity index (χ4n) is 3.20. The third-order valence-corrected chi connectivity index (χ3v) is 4.73. The molecule has 0 saturated carbocycles. The van der Waals surface area contributed by atoms with E-state index in [1.807, 2.05) is 6.92 Å². The summed E-state index contributed by atoms with van der Waals surface area (Å²) >= 11 is 0. The van der Waals surface area contributed by atoms with Gasteiger partial charge in [0.05, 0.1) is 5.69 Å². The first-order valence-electron chi connectivity index (χ1n) is 7.89. The first-order chi connectivity index (χ1) is 10.4. The second-order valence-corrected chi connectivity index (χ2v) is 6.15. The van der Waals surface area contributed by atoms with Crippen molar-refractivity contribution in [2.24, 2.45) is 4.99 Å². The highest BCUT2D eigenvalue weighted by atomic mass is 15.1. The third kappa shape index (κ3) is 2.56. The predicted molar refractivity (Wildman–Crippen MR) is 98.2 cm³/mol. The lowest BCUT2D eigenvalue weighted by atomic mass is 9.74. The van der Waals surface area contributed by atoms with Gasteiger partial charge < -0.3 is 10.2 Å². The number of nitrogens with zero attached hydrogens (tertiary/aromatic N) is 2. The van der Waals surface area contributed by atoms with E-state index in [9.17, 15) is 0 Å². The van der Waals surface area contributed by atoms with Crippen LogP contribution in [-0.2, 0) is 5.41 Å². The van der Waals surface area contributed by atoms with Crippen molar-refractivity contribution in [3.05, 3.63) is 42.5 Å². The van der Waals surface area contributed by atoms with Crippen LogP contribution in [0.25, 0.3) is 5.70 Å². The normalized spacial score (nSPS) is 14.0. The van der Waals surface area contributed by atoms with E-state index in [4.69, 9.17) is 0 Å². The van der Waals surface area contributed by atoms with Crippen LogP contribution in [0, 0.1) is 0 Å². The molecule has 0 aromatic heterocycles. The van der Waals surface area contributed by atoms with Crippen molar-refractivity contribution in [3.8, 4) is 0 Å². The average Bonchev–Trinajstić information content (AvgIpc) is 2.48. The Morgan fingerprint density at radius 2 is 1.91 bits per heavy atom. The molecule has 0 amide bonds. The van der Waals surface area contributed by atoms with Gasteiger partial charge in [-0.2, -0.15) is 0 Å². The Labute approximate surface area is 134 Å². The monoisotopic (exact) mass is 297 g/mol. The summed E-state index contributed by atoms with van der Waals surface area (Å²) in [5, 5.41) is 3.22. The molecule has 1 aromatic carbocycles. The fraction of sp³-hybridized carbons (Fsp3) is 0.421. The van der Waals surface area contributed by atoms with Crippen LogP contribution in [0.5, 0.6) is 0 Å². The Morgan fingerprint density at radius 1 is 1.27 bits per heavy atom. The summed E-state index contributed by atoms with van der Waals surface area (Å²) in [6.45, 7) is 14.6. The molecule has 3 heteroatoms. The number of aliphatic imine (C=N–C) groups is 1. The molecule has 1 aromatic rings. The van der Waals surface area contributed by atoms with Crippen molar-refractivity contribution < 1.29 is 0 Å². The van der Waals surface area contributed by atoms with Crippen molar-refractivity contribution in [2.75, 3.05) is 19.0 Å². The van der Waals surface area contributed by atoms with Gasteiger partial charge >= 0.3 is 0 Å². The summed E-state index contributed by atoms with van der Waals surface area (Å²) in [5.74, 6) is 0.887. The van der Waals surface area contributed by atoms with E-state index in [2.05, 4.69) is 74.5 Å². The number of allylic oxidation sites excluding steroid dienone is 1. The minimum absolute atomic E-state index is 0.0235. The summed E-state index contributed by atoms with van der Waals surface area (Å²) in [6, 6.07) is 4.41. The number of benzene rings is 1. The molecule has 0 fully saturated rings. The first-order valence-corrected chi connectivity index (χ1v) is 7.89.